The van der Waals surface area contributed by atoms with E-state index in [1.165, 1.54) is 33.5 Å². The van der Waals surface area contributed by atoms with Crippen LogP contribution in [0.4, 0.5) is 16.2 Å². The summed E-state index contributed by atoms with van der Waals surface area (Å²) in [7, 11) is 6.11. The van der Waals surface area contributed by atoms with E-state index in [0.29, 0.717) is 0 Å². The second kappa shape index (κ2) is 11.2. The lowest BCUT2D eigenvalue weighted by atomic mass is 10.1. The van der Waals surface area contributed by atoms with Gasteiger partial charge in [-0.25, -0.2) is 9.59 Å². The molecule has 0 aliphatic heterocycles. The normalized spacial score (nSPS) is 10.1. The molecular formula is C20H20BrN3O10. The van der Waals surface area contributed by atoms with Crippen LogP contribution in [-0.2, 0) is 4.74 Å². The summed E-state index contributed by atoms with van der Waals surface area (Å²) in [5.74, 6) is -2.31. The van der Waals surface area contributed by atoms with Crippen molar-refractivity contribution in [3.8, 4) is 23.0 Å². The summed E-state index contributed by atoms with van der Waals surface area (Å²) in [5.41, 5.74) is -1.01. The molecule has 0 saturated heterocycles. The number of nitrogens with zero attached hydrogens (tertiary/aromatic N) is 1. The van der Waals surface area contributed by atoms with Crippen LogP contribution in [0, 0.1) is 10.1 Å². The number of hydrogen-bond donors (Lipinski definition) is 2. The number of nitro benzene ring substituents is 1. The van der Waals surface area contributed by atoms with Gasteiger partial charge in [0.05, 0.1) is 50.6 Å². The Morgan fingerprint density at radius 3 is 2.03 bits per heavy atom. The van der Waals surface area contributed by atoms with Crippen molar-refractivity contribution >= 4 is 45.2 Å². The number of hydrogen-bond acceptors (Lipinski definition) is 10. The van der Waals surface area contributed by atoms with Crippen molar-refractivity contribution in [2.45, 2.75) is 0 Å². The van der Waals surface area contributed by atoms with Gasteiger partial charge in [0.15, 0.2) is 5.75 Å². The molecule has 0 unspecified atom stereocenters. The third-order valence-corrected chi connectivity index (χ3v) is 5.00. The van der Waals surface area contributed by atoms with Crippen molar-refractivity contribution < 1.29 is 43.0 Å². The van der Waals surface area contributed by atoms with E-state index in [9.17, 15) is 24.5 Å². The van der Waals surface area contributed by atoms with Gasteiger partial charge in [-0.1, -0.05) is 0 Å². The van der Waals surface area contributed by atoms with Gasteiger partial charge in [0.1, 0.15) is 22.6 Å². The third kappa shape index (κ3) is 5.11. The van der Waals surface area contributed by atoms with Crippen molar-refractivity contribution in [3.63, 3.8) is 0 Å². The molecule has 182 valence electrons. The third-order valence-electron chi connectivity index (χ3n) is 4.41. The van der Waals surface area contributed by atoms with Crippen LogP contribution >= 0.6 is 15.9 Å². The number of carbonyl (C=O) groups excluding carboxylic acids is 3. The Kier molecular flexibility index (Phi) is 8.61. The quantitative estimate of drug-likeness (QED) is 0.288. The van der Waals surface area contributed by atoms with Crippen molar-refractivity contribution in [1.29, 1.82) is 0 Å². The van der Waals surface area contributed by atoms with Gasteiger partial charge >= 0.3 is 17.7 Å². The van der Waals surface area contributed by atoms with Crippen LogP contribution in [0.1, 0.15) is 20.7 Å². The van der Waals surface area contributed by atoms with Gasteiger partial charge < -0.3 is 29.0 Å². The molecule has 0 spiro atoms. The molecule has 0 bridgehead atoms. The Morgan fingerprint density at radius 2 is 1.53 bits per heavy atom. The van der Waals surface area contributed by atoms with Crippen molar-refractivity contribution in [2.24, 2.45) is 0 Å². The fraction of sp³-hybridized carbons (Fsp3) is 0.250. The Balaban J connectivity index is 2.45. The molecule has 14 heteroatoms. The molecule has 2 aromatic rings. The van der Waals surface area contributed by atoms with Crippen LogP contribution in [0.25, 0.3) is 0 Å². The number of nitro groups is 1. The highest BCUT2D eigenvalue weighted by Crippen LogP contribution is 2.42. The van der Waals surface area contributed by atoms with Crippen molar-refractivity contribution in [3.05, 3.63) is 43.9 Å². The lowest BCUT2D eigenvalue weighted by molar-refractivity contribution is -0.385. The standard InChI is InChI=1S/C20H20BrN3O10/c1-30-12-7-6-10(16(32-3)13(12)19(26)34-5)22-20(27)23-18(25)14-15(31-2)9(21)8-11(24(28)29)17(14)33-4/h6-8H,1-5H3,(H2,22,23,25,27). The Bertz CT molecular complexity index is 1150. The first kappa shape index (κ1) is 26.2. The second-order valence-corrected chi connectivity index (χ2v) is 7.05. The number of urea groups is 1. The number of halogens is 1. The molecule has 0 atom stereocenters. The maximum atomic E-state index is 12.9. The van der Waals surface area contributed by atoms with E-state index in [4.69, 9.17) is 23.7 Å². The molecule has 0 radical (unpaired) electrons. The highest BCUT2D eigenvalue weighted by atomic mass is 79.9. The average molecular weight is 542 g/mol. The zero-order chi connectivity index (χ0) is 25.6. The second-order valence-electron chi connectivity index (χ2n) is 6.20. The summed E-state index contributed by atoms with van der Waals surface area (Å²) >= 11 is 3.10. The van der Waals surface area contributed by atoms with E-state index in [1.54, 1.807) is 0 Å². The molecule has 0 heterocycles. The molecule has 0 aliphatic carbocycles. The average Bonchev–Trinajstić information content (AvgIpc) is 2.81. The Hall–Kier alpha value is -4.07. The number of esters is 1. The minimum absolute atomic E-state index is 0.00755. The van der Waals surface area contributed by atoms with Gasteiger partial charge in [-0.05, 0) is 28.1 Å². The molecule has 0 aromatic heterocycles. The van der Waals surface area contributed by atoms with E-state index in [1.807, 2.05) is 5.32 Å². The number of methoxy groups -OCH3 is 5. The molecule has 3 amide bonds. The molecular weight excluding hydrogens is 522 g/mol. The minimum atomic E-state index is -1.06. The molecule has 2 aromatic carbocycles. The number of benzene rings is 2. The highest BCUT2D eigenvalue weighted by molar-refractivity contribution is 9.10. The number of nitrogens with one attached hydrogen (secondary N) is 2. The van der Waals surface area contributed by atoms with Crippen molar-refractivity contribution in [1.82, 2.24) is 5.32 Å². The number of rotatable bonds is 8. The molecule has 0 fully saturated rings. The predicted molar refractivity (Wildman–Crippen MR) is 121 cm³/mol. The van der Waals surface area contributed by atoms with Gasteiger partial charge in [0.2, 0.25) is 5.75 Å². The predicted octanol–water partition coefficient (Wildman–Crippen LogP) is 3.14. The lowest BCUT2D eigenvalue weighted by Crippen LogP contribution is -2.35. The number of anilines is 1. The van der Waals surface area contributed by atoms with Crippen LogP contribution in [0.3, 0.4) is 0 Å². The lowest BCUT2D eigenvalue weighted by Gasteiger charge is -2.17. The summed E-state index contributed by atoms with van der Waals surface area (Å²) in [5, 5.41) is 15.8. The Labute approximate surface area is 201 Å². The first-order chi connectivity index (χ1) is 16.1. The summed E-state index contributed by atoms with van der Waals surface area (Å²) in [6.07, 6.45) is 0. The van der Waals surface area contributed by atoms with Crippen LogP contribution in [0.15, 0.2) is 22.7 Å². The maximum Gasteiger partial charge on any atom is 0.345 e. The number of ether oxygens (including phenoxy) is 5. The smallest absolute Gasteiger partial charge is 0.345 e. The van der Waals surface area contributed by atoms with Crippen LogP contribution in [0.5, 0.6) is 23.0 Å². The van der Waals surface area contributed by atoms with E-state index in [2.05, 4.69) is 21.2 Å². The molecule has 2 N–H and O–H groups in total. The van der Waals surface area contributed by atoms with E-state index in [-0.39, 0.29) is 33.0 Å². The SMILES string of the molecule is COC(=O)c1c(OC)ccc(NC(=O)NC(=O)c2c(OC)c(Br)cc([N+](=O)[O-])c2OC)c1OC. The van der Waals surface area contributed by atoms with E-state index < -0.39 is 39.8 Å². The number of carbonyl (C=O) groups is 3. The summed E-state index contributed by atoms with van der Waals surface area (Å²) < 4.78 is 25.4. The van der Waals surface area contributed by atoms with Gasteiger partial charge in [0, 0.05) is 6.07 Å². The van der Waals surface area contributed by atoms with Crippen LogP contribution < -0.4 is 29.6 Å². The first-order valence-corrected chi connectivity index (χ1v) is 9.98. The Morgan fingerprint density at radius 1 is 0.912 bits per heavy atom. The zero-order valence-corrected chi connectivity index (χ0v) is 20.2. The molecule has 0 aliphatic rings. The van der Waals surface area contributed by atoms with Crippen LogP contribution in [0.2, 0.25) is 0 Å². The summed E-state index contributed by atoms with van der Waals surface area (Å²) in [4.78, 5) is 48.3. The van der Waals surface area contributed by atoms with Gasteiger partial charge in [-0.15, -0.1) is 0 Å². The van der Waals surface area contributed by atoms with Gasteiger partial charge in [0.25, 0.3) is 5.91 Å². The fourth-order valence-electron chi connectivity index (χ4n) is 3.01. The first-order valence-electron chi connectivity index (χ1n) is 9.19. The van der Waals surface area contributed by atoms with Crippen LogP contribution in [-0.4, -0.2) is 58.4 Å². The minimum Gasteiger partial charge on any atom is -0.496 e. The van der Waals surface area contributed by atoms with Crippen molar-refractivity contribution in [2.75, 3.05) is 40.9 Å². The number of amides is 3. The summed E-state index contributed by atoms with van der Waals surface area (Å²) in [6, 6.07) is 2.82. The highest BCUT2D eigenvalue weighted by Gasteiger charge is 2.31. The molecule has 13 nitrogen and oxygen atoms in total. The monoisotopic (exact) mass is 541 g/mol. The van der Waals surface area contributed by atoms with Gasteiger partial charge in [-0.3, -0.25) is 20.2 Å². The maximum absolute atomic E-state index is 12.9. The fourth-order valence-corrected chi connectivity index (χ4v) is 3.59. The van der Waals surface area contributed by atoms with E-state index in [0.717, 1.165) is 20.3 Å². The largest absolute Gasteiger partial charge is 0.496 e. The summed E-state index contributed by atoms with van der Waals surface area (Å²) in [6.45, 7) is 0. The molecule has 2 rings (SSSR count). The number of imide groups is 1. The van der Waals surface area contributed by atoms with Gasteiger partial charge in [-0.2, -0.15) is 0 Å². The topological polar surface area (TPSA) is 165 Å². The molecule has 0 saturated carbocycles. The molecule has 34 heavy (non-hydrogen) atoms. The zero-order valence-electron chi connectivity index (χ0n) is 18.6. The van der Waals surface area contributed by atoms with E-state index >= 15 is 0 Å².